The molecule has 0 amide bonds. The van der Waals surface area contributed by atoms with E-state index in [2.05, 4.69) is 15.0 Å². The zero-order chi connectivity index (χ0) is 21.0. The first kappa shape index (κ1) is 21.3. The highest BCUT2D eigenvalue weighted by atomic mass is 35.5. The molecule has 0 aliphatic carbocycles. The van der Waals surface area contributed by atoms with Gasteiger partial charge >= 0.3 is 6.18 Å². The summed E-state index contributed by atoms with van der Waals surface area (Å²) in [5.74, 6) is 0.346. The first-order valence-corrected chi connectivity index (χ1v) is 9.45. The van der Waals surface area contributed by atoms with Crippen LogP contribution in [0.5, 0.6) is 11.6 Å². The monoisotopic (exact) mass is 441 g/mol. The number of aromatic nitrogens is 3. The third-order valence-corrected chi connectivity index (χ3v) is 4.97. The molecule has 0 aliphatic heterocycles. The Morgan fingerprint density at radius 3 is 2.45 bits per heavy atom. The minimum absolute atomic E-state index is 0.105. The van der Waals surface area contributed by atoms with Gasteiger partial charge in [-0.05, 0) is 49.9 Å². The SMILES string of the molecule is Cc1ncnc(CCCc2ccc(Oc3ccc(C(F)(F)F)cc3Cl)nc2)c1Cl. The number of hydrogen-bond donors (Lipinski definition) is 0. The molecule has 0 radical (unpaired) electrons. The first-order valence-electron chi connectivity index (χ1n) is 8.69. The van der Waals surface area contributed by atoms with E-state index in [9.17, 15) is 13.2 Å². The largest absolute Gasteiger partial charge is 0.437 e. The lowest BCUT2D eigenvalue weighted by Crippen LogP contribution is -2.04. The van der Waals surface area contributed by atoms with E-state index >= 15 is 0 Å². The van der Waals surface area contributed by atoms with Gasteiger partial charge in [0.05, 0.1) is 27.0 Å². The first-order chi connectivity index (χ1) is 13.7. The van der Waals surface area contributed by atoms with E-state index in [0.717, 1.165) is 41.9 Å². The Hall–Kier alpha value is -2.38. The van der Waals surface area contributed by atoms with Gasteiger partial charge in [0.2, 0.25) is 5.88 Å². The van der Waals surface area contributed by atoms with Gasteiger partial charge in [-0.3, -0.25) is 0 Å². The van der Waals surface area contributed by atoms with E-state index in [1.165, 1.54) is 12.4 Å². The molecular formula is C20H16Cl2F3N3O. The van der Waals surface area contributed by atoms with E-state index in [1.54, 1.807) is 12.3 Å². The van der Waals surface area contributed by atoms with Crippen LogP contribution in [-0.2, 0) is 19.0 Å². The molecule has 3 aromatic rings. The Labute approximate surface area is 175 Å². The standard InChI is InChI=1S/C20H16Cl2F3N3O/c1-12-19(22)16(28-11-27-12)4-2-3-13-5-8-18(26-10-13)29-17-7-6-14(9-15(17)21)20(23,24)25/h5-11H,2-4H2,1H3. The van der Waals surface area contributed by atoms with Gasteiger partial charge < -0.3 is 4.74 Å². The van der Waals surface area contributed by atoms with Crippen molar-refractivity contribution in [3.8, 4) is 11.6 Å². The predicted octanol–water partition coefficient (Wildman–Crippen LogP) is 6.47. The molecule has 0 atom stereocenters. The van der Waals surface area contributed by atoms with Gasteiger partial charge in [-0.2, -0.15) is 13.2 Å². The number of hydrogen-bond acceptors (Lipinski definition) is 4. The molecule has 9 heteroatoms. The summed E-state index contributed by atoms with van der Waals surface area (Å²) in [4.78, 5) is 12.4. The molecule has 29 heavy (non-hydrogen) atoms. The third-order valence-electron chi connectivity index (χ3n) is 4.19. The van der Waals surface area contributed by atoms with Gasteiger partial charge in [0.15, 0.2) is 0 Å². The molecule has 0 unspecified atom stereocenters. The van der Waals surface area contributed by atoms with Gasteiger partial charge in [0.1, 0.15) is 12.1 Å². The van der Waals surface area contributed by atoms with Crippen LogP contribution < -0.4 is 4.74 Å². The molecule has 0 aliphatic rings. The maximum absolute atomic E-state index is 12.7. The van der Waals surface area contributed by atoms with Gasteiger partial charge in [-0.1, -0.05) is 29.3 Å². The second-order valence-electron chi connectivity index (χ2n) is 6.32. The lowest BCUT2D eigenvalue weighted by molar-refractivity contribution is -0.137. The minimum atomic E-state index is -4.46. The zero-order valence-electron chi connectivity index (χ0n) is 15.3. The fraction of sp³-hybridized carbons (Fsp3) is 0.250. The van der Waals surface area contributed by atoms with Crippen molar-refractivity contribution in [2.45, 2.75) is 32.4 Å². The van der Waals surface area contributed by atoms with Crippen LogP contribution in [-0.4, -0.2) is 15.0 Å². The Morgan fingerprint density at radius 2 is 1.79 bits per heavy atom. The van der Waals surface area contributed by atoms with E-state index in [-0.39, 0.29) is 16.7 Å². The lowest BCUT2D eigenvalue weighted by atomic mass is 10.1. The van der Waals surface area contributed by atoms with Crippen LogP contribution in [0.15, 0.2) is 42.9 Å². The summed E-state index contributed by atoms with van der Waals surface area (Å²) < 4.78 is 43.6. The lowest BCUT2D eigenvalue weighted by Gasteiger charge is -2.11. The smallest absolute Gasteiger partial charge is 0.416 e. The van der Waals surface area contributed by atoms with Crippen LogP contribution >= 0.6 is 23.2 Å². The second-order valence-corrected chi connectivity index (χ2v) is 7.11. The number of rotatable bonds is 6. The number of benzene rings is 1. The highest BCUT2D eigenvalue weighted by Gasteiger charge is 2.31. The zero-order valence-corrected chi connectivity index (χ0v) is 16.8. The number of nitrogens with zero attached hydrogens (tertiary/aromatic N) is 3. The minimum Gasteiger partial charge on any atom is -0.437 e. The predicted molar refractivity (Wildman–Crippen MR) is 105 cm³/mol. The van der Waals surface area contributed by atoms with Crippen LogP contribution in [0.3, 0.4) is 0 Å². The van der Waals surface area contributed by atoms with E-state index in [0.29, 0.717) is 11.4 Å². The van der Waals surface area contributed by atoms with Crippen molar-refractivity contribution in [2.75, 3.05) is 0 Å². The van der Waals surface area contributed by atoms with Crippen LogP contribution in [0.2, 0.25) is 10.0 Å². The van der Waals surface area contributed by atoms with Crippen molar-refractivity contribution >= 4 is 23.2 Å². The van der Waals surface area contributed by atoms with Gasteiger partial charge in [-0.25, -0.2) is 15.0 Å². The summed E-state index contributed by atoms with van der Waals surface area (Å²) in [7, 11) is 0. The van der Waals surface area contributed by atoms with Crippen LogP contribution in [0.25, 0.3) is 0 Å². The van der Waals surface area contributed by atoms with Crippen molar-refractivity contribution in [3.63, 3.8) is 0 Å². The summed E-state index contributed by atoms with van der Waals surface area (Å²) in [6.07, 6.45) is 0.978. The Kier molecular flexibility index (Phi) is 6.59. The van der Waals surface area contributed by atoms with E-state index in [1.807, 2.05) is 13.0 Å². The topological polar surface area (TPSA) is 47.9 Å². The Balaban J connectivity index is 1.58. The Morgan fingerprint density at radius 1 is 1.00 bits per heavy atom. The Bertz CT molecular complexity index is 995. The third kappa shape index (κ3) is 5.58. The fourth-order valence-electron chi connectivity index (χ4n) is 2.63. The average molecular weight is 442 g/mol. The van der Waals surface area contributed by atoms with Gasteiger partial charge in [-0.15, -0.1) is 0 Å². The molecular weight excluding hydrogens is 426 g/mol. The van der Waals surface area contributed by atoms with Crippen molar-refractivity contribution in [1.29, 1.82) is 0 Å². The number of ether oxygens (including phenoxy) is 1. The fourth-order valence-corrected chi connectivity index (χ4v) is 3.04. The maximum Gasteiger partial charge on any atom is 0.416 e. The van der Waals surface area contributed by atoms with Crippen molar-refractivity contribution in [2.24, 2.45) is 0 Å². The molecule has 2 aromatic heterocycles. The number of alkyl halides is 3. The molecule has 0 N–H and O–H groups in total. The normalized spacial score (nSPS) is 11.5. The molecule has 4 nitrogen and oxygen atoms in total. The molecule has 0 fully saturated rings. The molecule has 3 rings (SSSR count). The van der Waals surface area contributed by atoms with E-state index < -0.39 is 11.7 Å². The van der Waals surface area contributed by atoms with Crippen LogP contribution in [0, 0.1) is 6.92 Å². The van der Waals surface area contributed by atoms with Crippen molar-refractivity contribution in [3.05, 3.63) is 75.4 Å². The summed E-state index contributed by atoms with van der Waals surface area (Å²) >= 11 is 12.1. The maximum atomic E-state index is 12.7. The van der Waals surface area contributed by atoms with Crippen molar-refractivity contribution < 1.29 is 17.9 Å². The summed E-state index contributed by atoms with van der Waals surface area (Å²) in [6.45, 7) is 1.83. The van der Waals surface area contributed by atoms with E-state index in [4.69, 9.17) is 27.9 Å². The van der Waals surface area contributed by atoms with Gasteiger partial charge in [0.25, 0.3) is 0 Å². The summed E-state index contributed by atoms with van der Waals surface area (Å²) in [6, 6.07) is 6.40. The number of halogens is 5. The molecule has 1 aromatic carbocycles. The summed E-state index contributed by atoms with van der Waals surface area (Å²) in [5, 5.41) is 0.450. The summed E-state index contributed by atoms with van der Waals surface area (Å²) in [5.41, 5.74) is 1.71. The van der Waals surface area contributed by atoms with Crippen molar-refractivity contribution in [1.82, 2.24) is 15.0 Å². The highest BCUT2D eigenvalue weighted by Crippen LogP contribution is 2.36. The molecule has 0 spiro atoms. The molecule has 2 heterocycles. The van der Waals surface area contributed by atoms with Gasteiger partial charge in [0, 0.05) is 12.3 Å². The number of pyridine rings is 1. The second kappa shape index (κ2) is 8.97. The molecule has 0 bridgehead atoms. The molecule has 0 saturated carbocycles. The average Bonchev–Trinajstić information content (AvgIpc) is 2.67. The number of aryl methyl sites for hydroxylation is 3. The highest BCUT2D eigenvalue weighted by molar-refractivity contribution is 6.32. The quantitative estimate of drug-likeness (QED) is 0.439. The van der Waals surface area contributed by atoms with Crippen LogP contribution in [0.4, 0.5) is 13.2 Å². The van der Waals surface area contributed by atoms with Crippen LogP contribution in [0.1, 0.15) is 28.9 Å². The molecule has 0 saturated heterocycles. The molecule has 152 valence electrons.